The molecule has 0 bridgehead atoms. The SMILES string of the molecule is C=CCOc1cccc(C2c3c(oc4c(ccc5ccccc54)c3=O)C(=O)N2c2cc(C)on2)c1. The van der Waals surface area contributed by atoms with Gasteiger partial charge in [0.2, 0.25) is 5.76 Å². The summed E-state index contributed by atoms with van der Waals surface area (Å²) in [5.41, 5.74) is 1.08. The van der Waals surface area contributed by atoms with Crippen LogP contribution in [0.5, 0.6) is 5.75 Å². The number of ether oxygens (including phenoxy) is 1. The van der Waals surface area contributed by atoms with Gasteiger partial charge in [-0.3, -0.25) is 14.5 Å². The largest absolute Gasteiger partial charge is 0.490 e. The number of hydrogen-bond acceptors (Lipinski definition) is 6. The maximum Gasteiger partial charge on any atom is 0.296 e. The minimum absolute atomic E-state index is 0.00178. The fourth-order valence-corrected chi connectivity index (χ4v) is 4.65. The average Bonchev–Trinajstić information content (AvgIpc) is 3.43. The smallest absolute Gasteiger partial charge is 0.296 e. The van der Waals surface area contributed by atoms with Crippen LogP contribution in [-0.2, 0) is 0 Å². The molecule has 0 aliphatic carbocycles. The molecule has 1 unspecified atom stereocenters. The van der Waals surface area contributed by atoms with Crippen LogP contribution in [-0.4, -0.2) is 17.7 Å². The molecule has 1 aliphatic heterocycles. The quantitative estimate of drug-likeness (QED) is 0.250. The van der Waals surface area contributed by atoms with Crippen LogP contribution >= 0.6 is 0 Å². The van der Waals surface area contributed by atoms with Crippen molar-refractivity contribution in [2.75, 3.05) is 11.5 Å². The predicted octanol–water partition coefficient (Wildman–Crippen LogP) is 5.56. The minimum Gasteiger partial charge on any atom is -0.490 e. The normalized spacial score (nSPS) is 15.1. The third-order valence-electron chi connectivity index (χ3n) is 6.17. The van der Waals surface area contributed by atoms with Gasteiger partial charge in [-0.2, -0.15) is 0 Å². The number of carbonyl (C=O) groups excluding carboxylic acids is 1. The van der Waals surface area contributed by atoms with Crippen LogP contribution in [0.2, 0.25) is 0 Å². The molecular weight excluding hydrogens is 444 g/mol. The van der Waals surface area contributed by atoms with Crippen LogP contribution in [0.3, 0.4) is 0 Å². The lowest BCUT2D eigenvalue weighted by Crippen LogP contribution is -2.29. The number of anilines is 1. The highest BCUT2D eigenvalue weighted by atomic mass is 16.5. The summed E-state index contributed by atoms with van der Waals surface area (Å²) in [7, 11) is 0. The first-order valence-electron chi connectivity index (χ1n) is 11.2. The van der Waals surface area contributed by atoms with Gasteiger partial charge in [-0.15, -0.1) is 0 Å². The summed E-state index contributed by atoms with van der Waals surface area (Å²) >= 11 is 0. The Morgan fingerprint density at radius 1 is 1.06 bits per heavy atom. The van der Waals surface area contributed by atoms with Gasteiger partial charge in [-0.25, -0.2) is 0 Å². The van der Waals surface area contributed by atoms with E-state index in [1.54, 1.807) is 31.2 Å². The van der Waals surface area contributed by atoms with E-state index in [0.717, 1.165) is 10.8 Å². The summed E-state index contributed by atoms with van der Waals surface area (Å²) in [5.74, 6) is 0.982. The van der Waals surface area contributed by atoms with Crippen molar-refractivity contribution in [1.29, 1.82) is 0 Å². The lowest BCUT2D eigenvalue weighted by Gasteiger charge is -2.22. The molecule has 0 radical (unpaired) electrons. The molecule has 35 heavy (non-hydrogen) atoms. The van der Waals surface area contributed by atoms with Gasteiger partial charge in [0.05, 0.1) is 17.0 Å². The van der Waals surface area contributed by atoms with Gasteiger partial charge in [0.15, 0.2) is 11.2 Å². The second-order valence-corrected chi connectivity index (χ2v) is 8.38. The second kappa shape index (κ2) is 7.99. The third kappa shape index (κ3) is 3.24. The summed E-state index contributed by atoms with van der Waals surface area (Å²) in [6, 6.07) is 19.4. The van der Waals surface area contributed by atoms with E-state index in [9.17, 15) is 9.59 Å². The molecule has 0 spiro atoms. The lowest BCUT2D eigenvalue weighted by atomic mass is 9.97. The maximum atomic E-state index is 13.9. The van der Waals surface area contributed by atoms with Crippen molar-refractivity contribution in [3.63, 3.8) is 0 Å². The average molecular weight is 464 g/mol. The number of benzene rings is 3. The molecule has 1 aliphatic rings. The van der Waals surface area contributed by atoms with Crippen molar-refractivity contribution >= 4 is 33.5 Å². The van der Waals surface area contributed by atoms with Crippen molar-refractivity contribution in [2.45, 2.75) is 13.0 Å². The number of hydrogen-bond donors (Lipinski definition) is 0. The zero-order chi connectivity index (χ0) is 24.1. The molecule has 3 aromatic carbocycles. The molecular formula is C28H20N2O5. The molecule has 0 fully saturated rings. The number of nitrogens with zero attached hydrogens (tertiary/aromatic N) is 2. The highest BCUT2D eigenvalue weighted by molar-refractivity contribution is 6.12. The fraction of sp³-hybridized carbons (Fsp3) is 0.107. The van der Waals surface area contributed by atoms with E-state index in [1.807, 2.05) is 48.5 Å². The Balaban J connectivity index is 1.63. The number of aryl methyl sites for hydroxylation is 1. The Kier molecular flexibility index (Phi) is 4.77. The zero-order valence-corrected chi connectivity index (χ0v) is 18.9. The molecule has 7 nitrogen and oxygen atoms in total. The van der Waals surface area contributed by atoms with Gasteiger partial charge in [0.25, 0.3) is 5.91 Å². The first-order valence-corrected chi connectivity index (χ1v) is 11.2. The van der Waals surface area contributed by atoms with Gasteiger partial charge < -0.3 is 13.7 Å². The van der Waals surface area contributed by atoms with Gasteiger partial charge in [-0.1, -0.05) is 60.3 Å². The van der Waals surface area contributed by atoms with E-state index in [1.165, 1.54) is 4.90 Å². The summed E-state index contributed by atoms with van der Waals surface area (Å²) in [4.78, 5) is 29.1. The molecule has 2 aromatic heterocycles. The van der Waals surface area contributed by atoms with Crippen LogP contribution < -0.4 is 15.1 Å². The fourth-order valence-electron chi connectivity index (χ4n) is 4.65. The molecule has 0 N–H and O–H groups in total. The second-order valence-electron chi connectivity index (χ2n) is 8.38. The topological polar surface area (TPSA) is 85.8 Å². The standard InChI is InChI=1S/C28H20N2O5/c1-3-13-33-19-9-6-8-18(15-19)24-23-25(31)21-12-11-17-7-4-5-10-20(17)26(21)34-27(23)28(32)30(24)22-14-16(2)35-29-22/h3-12,14-15,24H,1,13H2,2H3. The van der Waals surface area contributed by atoms with Gasteiger partial charge in [0, 0.05) is 11.5 Å². The van der Waals surface area contributed by atoms with Crippen molar-refractivity contribution in [1.82, 2.24) is 5.16 Å². The van der Waals surface area contributed by atoms with E-state index < -0.39 is 11.9 Å². The predicted molar refractivity (Wildman–Crippen MR) is 132 cm³/mol. The van der Waals surface area contributed by atoms with Crippen molar-refractivity contribution < 1.29 is 18.5 Å². The van der Waals surface area contributed by atoms with Crippen LogP contribution in [0.1, 0.15) is 33.5 Å². The number of aromatic nitrogens is 1. The van der Waals surface area contributed by atoms with E-state index in [4.69, 9.17) is 13.7 Å². The number of carbonyl (C=O) groups is 1. The number of amides is 1. The molecule has 1 atom stereocenters. The van der Waals surface area contributed by atoms with Crippen LogP contribution in [0.15, 0.2) is 93.1 Å². The van der Waals surface area contributed by atoms with Crippen LogP contribution in [0.4, 0.5) is 5.82 Å². The third-order valence-corrected chi connectivity index (χ3v) is 6.17. The first-order chi connectivity index (χ1) is 17.1. The van der Waals surface area contributed by atoms with Crippen LogP contribution in [0.25, 0.3) is 21.7 Å². The van der Waals surface area contributed by atoms with Crippen molar-refractivity contribution in [2.24, 2.45) is 0 Å². The Morgan fingerprint density at radius 2 is 1.91 bits per heavy atom. The molecule has 0 saturated heterocycles. The molecule has 0 saturated carbocycles. The summed E-state index contributed by atoms with van der Waals surface area (Å²) in [6.45, 7) is 5.75. The van der Waals surface area contributed by atoms with Crippen molar-refractivity contribution in [3.05, 3.63) is 112 Å². The minimum atomic E-state index is -0.763. The highest BCUT2D eigenvalue weighted by Gasteiger charge is 2.45. The molecule has 6 rings (SSSR count). The summed E-state index contributed by atoms with van der Waals surface area (Å²) in [6.07, 6.45) is 1.65. The Morgan fingerprint density at radius 3 is 2.71 bits per heavy atom. The maximum absolute atomic E-state index is 13.9. The molecule has 3 heterocycles. The van der Waals surface area contributed by atoms with Gasteiger partial charge >= 0.3 is 0 Å². The monoisotopic (exact) mass is 464 g/mol. The van der Waals surface area contributed by atoms with Gasteiger partial charge in [0.1, 0.15) is 23.7 Å². The Bertz CT molecular complexity index is 1700. The lowest BCUT2D eigenvalue weighted by molar-refractivity contribution is 0.0969. The Labute approximate surface area is 199 Å². The van der Waals surface area contributed by atoms with E-state index >= 15 is 0 Å². The molecule has 1 amide bonds. The number of fused-ring (bicyclic) bond motifs is 4. The molecule has 7 heteroatoms. The van der Waals surface area contributed by atoms with Crippen LogP contribution in [0, 0.1) is 6.92 Å². The zero-order valence-electron chi connectivity index (χ0n) is 18.9. The number of rotatable bonds is 5. The van der Waals surface area contributed by atoms with E-state index in [0.29, 0.717) is 40.5 Å². The van der Waals surface area contributed by atoms with E-state index in [-0.39, 0.29) is 16.8 Å². The van der Waals surface area contributed by atoms with Crippen molar-refractivity contribution in [3.8, 4) is 5.75 Å². The summed E-state index contributed by atoms with van der Waals surface area (Å²) < 4.78 is 17.2. The van der Waals surface area contributed by atoms with Gasteiger partial charge in [-0.05, 0) is 36.1 Å². The Hall–Kier alpha value is -4.65. The first kappa shape index (κ1) is 20.9. The molecule has 5 aromatic rings. The van der Waals surface area contributed by atoms with E-state index in [2.05, 4.69) is 11.7 Å². The highest BCUT2D eigenvalue weighted by Crippen LogP contribution is 2.42. The molecule has 172 valence electrons. The summed E-state index contributed by atoms with van der Waals surface area (Å²) in [5, 5.41) is 6.17.